The summed E-state index contributed by atoms with van der Waals surface area (Å²) in [4.78, 5) is 2.11. The van der Waals surface area contributed by atoms with E-state index in [2.05, 4.69) is 11.8 Å². The van der Waals surface area contributed by atoms with E-state index in [0.29, 0.717) is 5.75 Å². The van der Waals surface area contributed by atoms with Crippen molar-refractivity contribution in [3.8, 4) is 11.5 Å². The van der Waals surface area contributed by atoms with Crippen LogP contribution in [0.5, 0.6) is 11.5 Å². The molecule has 1 aromatic rings. The van der Waals surface area contributed by atoms with Crippen molar-refractivity contribution < 1.29 is 9.47 Å². The number of benzene rings is 1. The smallest absolute Gasteiger partial charge is 0.161 e. The van der Waals surface area contributed by atoms with Gasteiger partial charge in [0.15, 0.2) is 11.5 Å². The first-order valence-electron chi connectivity index (χ1n) is 6.02. The van der Waals surface area contributed by atoms with Crippen molar-refractivity contribution in [1.29, 1.82) is 0 Å². The normalized spacial score (nSPS) is 16.2. The van der Waals surface area contributed by atoms with E-state index in [1.165, 1.54) is 0 Å². The molecule has 0 saturated carbocycles. The van der Waals surface area contributed by atoms with E-state index in [1.54, 1.807) is 14.2 Å². The van der Waals surface area contributed by atoms with Gasteiger partial charge in [-0.3, -0.25) is 0 Å². The van der Waals surface area contributed by atoms with Crippen molar-refractivity contribution in [3.05, 3.63) is 23.8 Å². The zero-order valence-electron chi connectivity index (χ0n) is 12.2. The monoisotopic (exact) mass is 252 g/mol. The molecule has 18 heavy (non-hydrogen) atoms. The molecule has 2 unspecified atom stereocenters. The van der Waals surface area contributed by atoms with Gasteiger partial charge in [-0.25, -0.2) is 0 Å². The summed E-state index contributed by atoms with van der Waals surface area (Å²) in [5, 5.41) is 0. The zero-order chi connectivity index (χ0) is 13.9. The lowest BCUT2D eigenvalue weighted by atomic mass is 9.85. The Bertz CT molecular complexity index is 403. The van der Waals surface area contributed by atoms with Crippen molar-refractivity contribution in [2.75, 3.05) is 28.3 Å². The second kappa shape index (κ2) is 5.59. The number of methoxy groups -OCH3 is 2. The molecular formula is C14H24N2O2. The first-order valence-corrected chi connectivity index (χ1v) is 6.02. The Balaban J connectivity index is 3.17. The van der Waals surface area contributed by atoms with Crippen LogP contribution >= 0.6 is 0 Å². The molecule has 4 heteroatoms. The lowest BCUT2D eigenvalue weighted by Gasteiger charge is -2.36. The van der Waals surface area contributed by atoms with Gasteiger partial charge in [-0.05, 0) is 45.6 Å². The fourth-order valence-electron chi connectivity index (χ4n) is 1.95. The summed E-state index contributed by atoms with van der Waals surface area (Å²) in [5.41, 5.74) is 7.03. The zero-order valence-corrected chi connectivity index (χ0v) is 12.2. The molecule has 1 rings (SSSR count). The molecule has 0 spiro atoms. The van der Waals surface area contributed by atoms with Gasteiger partial charge in [-0.2, -0.15) is 0 Å². The lowest BCUT2D eigenvalue weighted by molar-refractivity contribution is 0.206. The molecule has 0 amide bonds. The fraction of sp³-hybridized carbons (Fsp3) is 0.571. The maximum absolute atomic E-state index is 6.46. The van der Waals surface area contributed by atoms with Gasteiger partial charge in [-0.15, -0.1) is 0 Å². The standard InChI is InChI=1S/C14H24N2O2/c1-10(16(3)4)14(2,15)11-7-8-12(17-5)13(9-11)18-6/h7-10H,15H2,1-6H3. The van der Waals surface area contributed by atoms with Crippen LogP contribution in [0.2, 0.25) is 0 Å². The van der Waals surface area contributed by atoms with Crippen molar-refractivity contribution in [3.63, 3.8) is 0 Å². The van der Waals surface area contributed by atoms with Crippen LogP contribution in [0.4, 0.5) is 0 Å². The van der Waals surface area contributed by atoms with Crippen LogP contribution in [0.25, 0.3) is 0 Å². The van der Waals surface area contributed by atoms with Gasteiger partial charge in [0, 0.05) is 6.04 Å². The predicted molar refractivity (Wildman–Crippen MR) is 74.2 cm³/mol. The SMILES string of the molecule is COc1ccc(C(C)(N)C(C)N(C)C)cc1OC. The molecule has 0 bridgehead atoms. The van der Waals surface area contributed by atoms with Gasteiger partial charge in [0.05, 0.1) is 19.8 Å². The molecule has 1 aromatic carbocycles. The Labute approximate surface area is 110 Å². The van der Waals surface area contributed by atoms with Gasteiger partial charge in [-0.1, -0.05) is 6.07 Å². The van der Waals surface area contributed by atoms with E-state index in [4.69, 9.17) is 15.2 Å². The van der Waals surface area contributed by atoms with Gasteiger partial charge in [0.1, 0.15) is 0 Å². The molecule has 2 N–H and O–H groups in total. The molecule has 4 nitrogen and oxygen atoms in total. The summed E-state index contributed by atoms with van der Waals surface area (Å²) in [6.45, 7) is 4.13. The third-order valence-corrected chi connectivity index (χ3v) is 3.65. The third kappa shape index (κ3) is 2.76. The maximum Gasteiger partial charge on any atom is 0.161 e. The molecule has 0 saturated heterocycles. The van der Waals surface area contributed by atoms with E-state index in [1.807, 2.05) is 39.2 Å². The van der Waals surface area contributed by atoms with Crippen LogP contribution in [-0.2, 0) is 5.54 Å². The van der Waals surface area contributed by atoms with Crippen molar-refractivity contribution in [2.24, 2.45) is 5.73 Å². The molecule has 2 atom stereocenters. The van der Waals surface area contributed by atoms with E-state index >= 15 is 0 Å². The Morgan fingerprint density at radius 1 is 1.17 bits per heavy atom. The summed E-state index contributed by atoms with van der Waals surface area (Å²) >= 11 is 0. The minimum absolute atomic E-state index is 0.204. The molecule has 0 aliphatic carbocycles. The van der Waals surface area contributed by atoms with Crippen molar-refractivity contribution in [2.45, 2.75) is 25.4 Å². The van der Waals surface area contributed by atoms with Crippen LogP contribution in [0, 0.1) is 0 Å². The number of ether oxygens (including phenoxy) is 2. The minimum Gasteiger partial charge on any atom is -0.493 e. The molecule has 102 valence electrons. The third-order valence-electron chi connectivity index (χ3n) is 3.65. The second-order valence-corrected chi connectivity index (χ2v) is 4.99. The first kappa shape index (κ1) is 14.8. The average molecular weight is 252 g/mol. The molecule has 0 aromatic heterocycles. The van der Waals surface area contributed by atoms with Crippen LogP contribution in [-0.4, -0.2) is 39.3 Å². The van der Waals surface area contributed by atoms with E-state index < -0.39 is 5.54 Å². The number of hydrogen-bond acceptors (Lipinski definition) is 4. The first-order chi connectivity index (χ1) is 8.34. The summed E-state index contributed by atoms with van der Waals surface area (Å²) in [6.07, 6.45) is 0. The molecule has 0 heterocycles. The van der Waals surface area contributed by atoms with Crippen LogP contribution < -0.4 is 15.2 Å². The van der Waals surface area contributed by atoms with Gasteiger partial charge >= 0.3 is 0 Å². The highest BCUT2D eigenvalue weighted by atomic mass is 16.5. The number of rotatable bonds is 5. The molecule has 0 aliphatic heterocycles. The summed E-state index contributed by atoms with van der Waals surface area (Å²) in [7, 11) is 7.31. The molecular weight excluding hydrogens is 228 g/mol. The van der Waals surface area contributed by atoms with Crippen LogP contribution in [0.15, 0.2) is 18.2 Å². The number of nitrogens with two attached hydrogens (primary N) is 1. The highest BCUT2D eigenvalue weighted by Gasteiger charge is 2.30. The van der Waals surface area contributed by atoms with Crippen molar-refractivity contribution in [1.82, 2.24) is 4.90 Å². The Hall–Kier alpha value is -1.26. The topological polar surface area (TPSA) is 47.7 Å². The van der Waals surface area contributed by atoms with Gasteiger partial charge in [0.25, 0.3) is 0 Å². The Kier molecular flexibility index (Phi) is 4.59. The highest BCUT2D eigenvalue weighted by molar-refractivity contribution is 5.45. The quantitative estimate of drug-likeness (QED) is 0.868. The number of hydrogen-bond donors (Lipinski definition) is 1. The number of nitrogens with zero attached hydrogens (tertiary/aromatic N) is 1. The second-order valence-electron chi connectivity index (χ2n) is 4.99. The molecule has 0 fully saturated rings. The highest BCUT2D eigenvalue weighted by Crippen LogP contribution is 2.33. The fourth-order valence-corrected chi connectivity index (χ4v) is 1.95. The minimum atomic E-state index is -0.455. The van der Waals surface area contributed by atoms with Crippen molar-refractivity contribution >= 4 is 0 Å². The molecule has 0 radical (unpaired) electrons. The van der Waals surface area contributed by atoms with Crippen LogP contribution in [0.1, 0.15) is 19.4 Å². The van der Waals surface area contributed by atoms with E-state index in [0.717, 1.165) is 11.3 Å². The van der Waals surface area contributed by atoms with E-state index in [9.17, 15) is 0 Å². The Morgan fingerprint density at radius 2 is 1.72 bits per heavy atom. The predicted octanol–water partition coefficient (Wildman–Crippen LogP) is 1.83. The lowest BCUT2D eigenvalue weighted by Crippen LogP contribution is -2.50. The van der Waals surface area contributed by atoms with Gasteiger partial charge in [0.2, 0.25) is 0 Å². The summed E-state index contributed by atoms with van der Waals surface area (Å²) in [5.74, 6) is 1.42. The average Bonchev–Trinajstić information content (AvgIpc) is 2.36. The summed E-state index contributed by atoms with van der Waals surface area (Å²) < 4.78 is 10.6. The summed E-state index contributed by atoms with van der Waals surface area (Å²) in [6, 6.07) is 6.03. The van der Waals surface area contributed by atoms with Crippen LogP contribution in [0.3, 0.4) is 0 Å². The maximum atomic E-state index is 6.46. The van der Waals surface area contributed by atoms with Gasteiger partial charge < -0.3 is 20.1 Å². The number of likely N-dealkylation sites (N-methyl/N-ethyl adjacent to an activating group) is 1. The molecule has 0 aliphatic rings. The Morgan fingerprint density at radius 3 is 2.17 bits per heavy atom. The van der Waals surface area contributed by atoms with E-state index in [-0.39, 0.29) is 6.04 Å². The largest absolute Gasteiger partial charge is 0.493 e.